The lowest BCUT2D eigenvalue weighted by Gasteiger charge is -2.31. The van der Waals surface area contributed by atoms with Crippen LogP contribution in [0.3, 0.4) is 0 Å². The summed E-state index contributed by atoms with van der Waals surface area (Å²) < 4.78 is 24.7. The second-order valence-corrected chi connectivity index (χ2v) is 7.46. The average Bonchev–Trinajstić information content (AvgIpc) is 2.54. The molecule has 0 bridgehead atoms. The highest BCUT2D eigenvalue weighted by atomic mass is 32.2. The van der Waals surface area contributed by atoms with E-state index >= 15 is 0 Å². The van der Waals surface area contributed by atoms with E-state index in [2.05, 4.69) is 17.0 Å². The van der Waals surface area contributed by atoms with Crippen molar-refractivity contribution in [2.24, 2.45) is 0 Å². The SMILES string of the molecule is O=S(=O)(CCN1CCCc2ccccc21)c1ccccc1. The Balaban J connectivity index is 1.75. The molecule has 1 aliphatic rings. The minimum absolute atomic E-state index is 0.158. The van der Waals surface area contributed by atoms with Gasteiger partial charge in [0.1, 0.15) is 0 Å². The summed E-state index contributed by atoms with van der Waals surface area (Å²) in [6.07, 6.45) is 2.17. The first-order valence-corrected chi connectivity index (χ1v) is 8.93. The Morgan fingerprint density at radius 1 is 0.952 bits per heavy atom. The molecule has 2 aromatic rings. The molecule has 0 amide bonds. The third-order valence-corrected chi connectivity index (χ3v) is 5.65. The maximum absolute atomic E-state index is 12.4. The fraction of sp³-hybridized carbons (Fsp3) is 0.294. The van der Waals surface area contributed by atoms with Crippen LogP contribution in [0, 0.1) is 0 Å². The smallest absolute Gasteiger partial charge is 0.180 e. The zero-order chi connectivity index (χ0) is 14.7. The Kier molecular flexibility index (Phi) is 3.97. The second-order valence-electron chi connectivity index (χ2n) is 5.35. The molecule has 2 aromatic carbocycles. The van der Waals surface area contributed by atoms with E-state index < -0.39 is 9.84 Å². The van der Waals surface area contributed by atoms with E-state index in [1.165, 1.54) is 11.3 Å². The number of anilines is 1. The van der Waals surface area contributed by atoms with E-state index in [9.17, 15) is 8.42 Å². The van der Waals surface area contributed by atoms with Gasteiger partial charge in [0, 0.05) is 18.8 Å². The average molecular weight is 301 g/mol. The van der Waals surface area contributed by atoms with Crippen LogP contribution in [0.25, 0.3) is 0 Å². The van der Waals surface area contributed by atoms with E-state index in [0.717, 1.165) is 19.4 Å². The second kappa shape index (κ2) is 5.90. The van der Waals surface area contributed by atoms with Gasteiger partial charge in [-0.25, -0.2) is 8.42 Å². The van der Waals surface area contributed by atoms with Gasteiger partial charge >= 0.3 is 0 Å². The predicted molar refractivity (Wildman–Crippen MR) is 85.5 cm³/mol. The van der Waals surface area contributed by atoms with Crippen molar-refractivity contribution in [2.45, 2.75) is 17.7 Å². The number of sulfone groups is 1. The van der Waals surface area contributed by atoms with Gasteiger partial charge < -0.3 is 4.90 Å². The number of rotatable bonds is 4. The van der Waals surface area contributed by atoms with Crippen LogP contribution < -0.4 is 4.90 Å². The molecule has 3 nitrogen and oxygen atoms in total. The summed E-state index contributed by atoms with van der Waals surface area (Å²) in [6, 6.07) is 17.0. The monoisotopic (exact) mass is 301 g/mol. The normalized spacial score (nSPS) is 14.8. The van der Waals surface area contributed by atoms with Crippen molar-refractivity contribution >= 4 is 15.5 Å². The first-order chi connectivity index (χ1) is 10.2. The first-order valence-electron chi connectivity index (χ1n) is 7.27. The van der Waals surface area contributed by atoms with Crippen molar-refractivity contribution in [2.75, 3.05) is 23.7 Å². The molecule has 1 aliphatic heterocycles. The summed E-state index contributed by atoms with van der Waals surface area (Å²) in [5, 5.41) is 0. The van der Waals surface area contributed by atoms with E-state index in [4.69, 9.17) is 0 Å². The van der Waals surface area contributed by atoms with Gasteiger partial charge in [0.15, 0.2) is 9.84 Å². The van der Waals surface area contributed by atoms with Crippen LogP contribution in [-0.4, -0.2) is 27.3 Å². The first kappa shape index (κ1) is 14.1. The van der Waals surface area contributed by atoms with Crippen molar-refractivity contribution in [3.05, 3.63) is 60.2 Å². The van der Waals surface area contributed by atoms with Crippen LogP contribution in [0.4, 0.5) is 5.69 Å². The molecule has 3 rings (SSSR count). The molecule has 0 fully saturated rings. The van der Waals surface area contributed by atoms with E-state index in [1.807, 2.05) is 18.2 Å². The molecule has 0 atom stereocenters. The lowest BCUT2D eigenvalue weighted by atomic mass is 10.0. The molecular weight excluding hydrogens is 282 g/mol. The largest absolute Gasteiger partial charge is 0.370 e. The minimum Gasteiger partial charge on any atom is -0.370 e. The Morgan fingerprint density at radius 2 is 1.67 bits per heavy atom. The fourth-order valence-electron chi connectivity index (χ4n) is 2.82. The van der Waals surface area contributed by atoms with Crippen LogP contribution in [0.1, 0.15) is 12.0 Å². The van der Waals surface area contributed by atoms with Gasteiger partial charge in [0.05, 0.1) is 10.6 Å². The van der Waals surface area contributed by atoms with Gasteiger partial charge in [-0.05, 0) is 36.6 Å². The van der Waals surface area contributed by atoms with Gasteiger partial charge in [-0.1, -0.05) is 36.4 Å². The molecular formula is C17H19NO2S. The number of hydrogen-bond donors (Lipinski definition) is 0. The zero-order valence-electron chi connectivity index (χ0n) is 11.9. The van der Waals surface area contributed by atoms with Gasteiger partial charge in [-0.15, -0.1) is 0 Å². The van der Waals surface area contributed by atoms with Gasteiger partial charge in [-0.2, -0.15) is 0 Å². The quantitative estimate of drug-likeness (QED) is 0.871. The highest BCUT2D eigenvalue weighted by Crippen LogP contribution is 2.26. The number of para-hydroxylation sites is 1. The maximum atomic E-state index is 12.4. The lowest BCUT2D eigenvalue weighted by Crippen LogP contribution is -2.33. The number of benzene rings is 2. The molecule has 4 heteroatoms. The number of nitrogens with zero attached hydrogens (tertiary/aromatic N) is 1. The van der Waals surface area contributed by atoms with Crippen LogP contribution in [0.5, 0.6) is 0 Å². The van der Waals surface area contributed by atoms with Crippen LogP contribution in [0.2, 0.25) is 0 Å². The Bertz CT molecular complexity index is 711. The standard InChI is InChI=1S/C17H19NO2S/c19-21(20,16-9-2-1-3-10-16)14-13-18-12-6-8-15-7-4-5-11-17(15)18/h1-5,7,9-11H,6,8,12-14H2. The summed E-state index contributed by atoms with van der Waals surface area (Å²) in [7, 11) is -3.20. The summed E-state index contributed by atoms with van der Waals surface area (Å²) in [5.74, 6) is 0.158. The zero-order valence-corrected chi connectivity index (χ0v) is 12.7. The molecule has 0 aromatic heterocycles. The molecule has 0 aliphatic carbocycles. The highest BCUT2D eigenvalue weighted by molar-refractivity contribution is 7.91. The Labute approximate surface area is 126 Å². The molecule has 0 radical (unpaired) electrons. The Hall–Kier alpha value is -1.81. The molecule has 1 heterocycles. The van der Waals surface area contributed by atoms with Crippen molar-refractivity contribution in [3.63, 3.8) is 0 Å². The predicted octanol–water partition coefficient (Wildman–Crippen LogP) is 2.91. The van der Waals surface area contributed by atoms with E-state index in [0.29, 0.717) is 11.4 Å². The molecule has 0 saturated heterocycles. The molecule has 0 unspecified atom stereocenters. The maximum Gasteiger partial charge on any atom is 0.180 e. The number of fused-ring (bicyclic) bond motifs is 1. The lowest BCUT2D eigenvalue weighted by molar-refractivity contribution is 0.593. The molecule has 21 heavy (non-hydrogen) atoms. The Morgan fingerprint density at radius 3 is 2.48 bits per heavy atom. The van der Waals surface area contributed by atoms with Gasteiger partial charge in [-0.3, -0.25) is 0 Å². The topological polar surface area (TPSA) is 37.4 Å². The minimum atomic E-state index is -3.20. The highest BCUT2D eigenvalue weighted by Gasteiger charge is 2.20. The number of hydrogen-bond acceptors (Lipinski definition) is 3. The van der Waals surface area contributed by atoms with Crippen molar-refractivity contribution in [1.82, 2.24) is 0 Å². The summed E-state index contributed by atoms with van der Waals surface area (Å²) in [6.45, 7) is 1.48. The van der Waals surface area contributed by atoms with Gasteiger partial charge in [0.2, 0.25) is 0 Å². The van der Waals surface area contributed by atoms with Crippen LogP contribution in [0.15, 0.2) is 59.5 Å². The van der Waals surface area contributed by atoms with Crippen molar-refractivity contribution in [1.29, 1.82) is 0 Å². The summed E-state index contributed by atoms with van der Waals surface area (Å²) in [5.41, 5.74) is 2.51. The fourth-order valence-corrected chi connectivity index (χ4v) is 4.09. The third-order valence-electron chi connectivity index (χ3n) is 3.94. The molecule has 0 saturated carbocycles. The molecule has 0 N–H and O–H groups in total. The summed E-state index contributed by atoms with van der Waals surface area (Å²) in [4.78, 5) is 2.61. The van der Waals surface area contributed by atoms with Crippen LogP contribution >= 0.6 is 0 Å². The van der Waals surface area contributed by atoms with Crippen molar-refractivity contribution in [3.8, 4) is 0 Å². The number of aryl methyl sites for hydroxylation is 1. The van der Waals surface area contributed by atoms with Gasteiger partial charge in [0.25, 0.3) is 0 Å². The van der Waals surface area contributed by atoms with Crippen molar-refractivity contribution < 1.29 is 8.42 Å². The summed E-state index contributed by atoms with van der Waals surface area (Å²) >= 11 is 0. The van der Waals surface area contributed by atoms with E-state index in [-0.39, 0.29) is 5.75 Å². The molecule has 110 valence electrons. The van der Waals surface area contributed by atoms with Crippen LogP contribution in [-0.2, 0) is 16.3 Å². The third kappa shape index (κ3) is 3.10. The van der Waals surface area contributed by atoms with E-state index in [1.54, 1.807) is 24.3 Å². The molecule has 0 spiro atoms.